The molecule has 2 aromatic carbocycles. The second-order valence-electron chi connectivity index (χ2n) is 11.0. The van der Waals surface area contributed by atoms with Gasteiger partial charge in [-0.25, -0.2) is 5.43 Å². The number of nitrogens with one attached hydrogen (secondary N) is 1. The lowest BCUT2D eigenvalue weighted by molar-refractivity contribution is -0.245. The Morgan fingerprint density at radius 1 is 1.19 bits per heavy atom. The van der Waals surface area contributed by atoms with Gasteiger partial charge in [-0.15, -0.1) is 0 Å². The summed E-state index contributed by atoms with van der Waals surface area (Å²) in [4.78, 5) is 39.1. The molecule has 6 atom stereocenters. The summed E-state index contributed by atoms with van der Waals surface area (Å²) < 4.78 is 17.3. The summed E-state index contributed by atoms with van der Waals surface area (Å²) >= 11 is 0. The van der Waals surface area contributed by atoms with E-state index in [0.29, 0.717) is 0 Å². The second-order valence-corrected chi connectivity index (χ2v) is 11.0. The first-order chi connectivity index (χ1) is 20.3. The molecule has 14 heteroatoms. The molecular formula is C29H33N3O11. The number of nitrogens with zero attached hydrogens (tertiary/aromatic N) is 1. The minimum absolute atomic E-state index is 0.0345. The fraction of sp³-hybridized carbons (Fsp3) is 0.448. The number of ether oxygens (including phenoxy) is 3. The maximum atomic E-state index is 13.8. The highest BCUT2D eigenvalue weighted by Gasteiger charge is 2.49. The van der Waals surface area contributed by atoms with E-state index >= 15 is 0 Å². The number of aliphatic hydroxyl groups is 3. The number of nitrogens with two attached hydrogens (primary N) is 1. The van der Waals surface area contributed by atoms with Crippen molar-refractivity contribution in [2.24, 2.45) is 10.8 Å². The van der Waals surface area contributed by atoms with Crippen molar-refractivity contribution in [2.75, 3.05) is 13.7 Å². The summed E-state index contributed by atoms with van der Waals surface area (Å²) in [6.45, 7) is 2.15. The van der Waals surface area contributed by atoms with Gasteiger partial charge in [-0.2, -0.15) is 5.10 Å². The molecule has 0 spiro atoms. The van der Waals surface area contributed by atoms with Gasteiger partial charge in [0.2, 0.25) is 5.78 Å². The molecule has 1 saturated heterocycles. The van der Waals surface area contributed by atoms with Crippen LogP contribution in [-0.4, -0.2) is 92.6 Å². The number of aliphatic hydroxyl groups excluding tert-OH is 2. The molecule has 0 radical (unpaired) electrons. The Morgan fingerprint density at radius 2 is 1.88 bits per heavy atom. The zero-order chi connectivity index (χ0) is 31.4. The lowest BCUT2D eigenvalue weighted by Crippen LogP contribution is -2.52. The summed E-state index contributed by atoms with van der Waals surface area (Å²) in [5, 5.41) is 58.1. The number of methoxy groups -OCH3 is 1. The molecule has 8 N–H and O–H groups in total. The van der Waals surface area contributed by atoms with Crippen LogP contribution in [0.5, 0.6) is 17.2 Å². The topological polar surface area (TPSA) is 230 Å². The van der Waals surface area contributed by atoms with Gasteiger partial charge >= 0.3 is 0 Å². The highest BCUT2D eigenvalue weighted by molar-refractivity contribution is 6.31. The van der Waals surface area contributed by atoms with Crippen LogP contribution in [0.1, 0.15) is 75.8 Å². The van der Waals surface area contributed by atoms with E-state index in [1.165, 1.54) is 32.2 Å². The van der Waals surface area contributed by atoms with E-state index in [4.69, 9.17) is 25.1 Å². The largest absolute Gasteiger partial charge is 0.507 e. The van der Waals surface area contributed by atoms with E-state index in [9.17, 15) is 34.8 Å². The SMILES string of the molecule is COc1cccc2c1C(=O)c1c(O)c3c(c(O)c1C2=O)CC(O)(C(C)=NNC(=O)CO)CC3OC1CC(N)C(O)C(C)O1. The number of hydrogen-bond acceptors (Lipinski definition) is 13. The Morgan fingerprint density at radius 3 is 2.53 bits per heavy atom. The van der Waals surface area contributed by atoms with E-state index < -0.39 is 89.4 Å². The Bertz CT molecular complexity index is 1530. The van der Waals surface area contributed by atoms with Gasteiger partial charge in [0.15, 0.2) is 12.1 Å². The molecule has 230 valence electrons. The van der Waals surface area contributed by atoms with Gasteiger partial charge in [0.1, 0.15) is 29.5 Å². The van der Waals surface area contributed by atoms with Crippen LogP contribution in [-0.2, 0) is 20.7 Å². The molecule has 1 fully saturated rings. The molecule has 2 aliphatic carbocycles. The van der Waals surface area contributed by atoms with Crippen LogP contribution in [0.3, 0.4) is 0 Å². The Kier molecular flexibility index (Phi) is 8.02. The van der Waals surface area contributed by atoms with Crippen LogP contribution < -0.4 is 15.9 Å². The number of rotatable bonds is 6. The lowest BCUT2D eigenvalue weighted by Gasteiger charge is -2.42. The Hall–Kier alpha value is -3.92. The van der Waals surface area contributed by atoms with E-state index in [1.54, 1.807) is 6.92 Å². The normalized spacial score (nSPS) is 28.5. The van der Waals surface area contributed by atoms with E-state index in [-0.39, 0.29) is 46.6 Å². The number of hydrazone groups is 1. The molecule has 1 heterocycles. The van der Waals surface area contributed by atoms with Crippen LogP contribution in [0.4, 0.5) is 0 Å². The van der Waals surface area contributed by atoms with Gasteiger partial charge < -0.3 is 45.5 Å². The third-order valence-corrected chi connectivity index (χ3v) is 8.31. The number of ketones is 2. The fourth-order valence-electron chi connectivity index (χ4n) is 5.95. The van der Waals surface area contributed by atoms with Crippen LogP contribution in [0, 0.1) is 0 Å². The zero-order valence-electron chi connectivity index (χ0n) is 23.7. The minimum atomic E-state index is -1.91. The van der Waals surface area contributed by atoms with Crippen molar-refractivity contribution in [2.45, 2.75) is 69.4 Å². The van der Waals surface area contributed by atoms with Crippen molar-refractivity contribution in [1.82, 2.24) is 5.43 Å². The number of phenols is 2. The third kappa shape index (κ3) is 5.05. The fourth-order valence-corrected chi connectivity index (χ4v) is 5.95. The van der Waals surface area contributed by atoms with E-state index in [0.717, 1.165) is 0 Å². The van der Waals surface area contributed by atoms with Gasteiger partial charge in [0, 0.05) is 42.0 Å². The van der Waals surface area contributed by atoms with Crippen molar-refractivity contribution >= 4 is 23.2 Å². The number of carbonyl (C=O) groups is 3. The molecule has 14 nitrogen and oxygen atoms in total. The lowest BCUT2D eigenvalue weighted by atomic mass is 9.72. The number of hydrogen-bond donors (Lipinski definition) is 7. The van der Waals surface area contributed by atoms with Crippen molar-refractivity contribution in [3.8, 4) is 17.2 Å². The summed E-state index contributed by atoms with van der Waals surface area (Å²) in [5.74, 6) is -3.49. The zero-order valence-corrected chi connectivity index (χ0v) is 23.7. The highest BCUT2D eigenvalue weighted by Crippen LogP contribution is 2.52. The first-order valence-electron chi connectivity index (χ1n) is 13.6. The summed E-state index contributed by atoms with van der Waals surface area (Å²) in [7, 11) is 1.33. The molecule has 0 saturated carbocycles. The standard InChI is InChI=1S/C29H33N3O11/c1-11-24(35)15(30)7-19(42-11)43-17-9-29(40,12(2)31-32-18(34)10-33)8-14-21(17)28(39)23-22(26(14)37)25(36)13-5-4-6-16(41-3)20(13)27(23)38/h4-6,11,15,17,19,24,33,35,37,39-40H,7-10,30H2,1-3H3,(H,32,34). The smallest absolute Gasteiger partial charge is 0.265 e. The molecule has 1 aliphatic heterocycles. The minimum Gasteiger partial charge on any atom is -0.507 e. The first kappa shape index (κ1) is 30.5. The number of carbonyl (C=O) groups excluding carboxylic acids is 3. The molecule has 3 aliphatic rings. The second kappa shape index (κ2) is 11.3. The molecular weight excluding hydrogens is 566 g/mol. The summed E-state index contributed by atoms with van der Waals surface area (Å²) in [6.07, 6.45) is -4.64. The quantitative estimate of drug-likeness (QED) is 0.112. The van der Waals surface area contributed by atoms with Gasteiger partial charge in [0.25, 0.3) is 5.91 Å². The van der Waals surface area contributed by atoms with Crippen LogP contribution in [0.25, 0.3) is 0 Å². The maximum absolute atomic E-state index is 13.8. The molecule has 0 bridgehead atoms. The Labute approximate surface area is 245 Å². The number of phenolic OH excluding ortho intramolecular Hbond substituents is 2. The van der Waals surface area contributed by atoms with E-state index in [2.05, 4.69) is 10.5 Å². The maximum Gasteiger partial charge on any atom is 0.265 e. The van der Waals surface area contributed by atoms with Crippen LogP contribution in [0.15, 0.2) is 23.3 Å². The molecule has 5 rings (SSSR count). The molecule has 2 aromatic rings. The molecule has 43 heavy (non-hydrogen) atoms. The molecule has 6 unspecified atom stereocenters. The summed E-state index contributed by atoms with van der Waals surface area (Å²) in [6, 6.07) is 3.69. The number of amides is 1. The number of fused-ring (bicyclic) bond motifs is 3. The van der Waals surface area contributed by atoms with E-state index in [1.807, 2.05) is 0 Å². The molecule has 0 aromatic heterocycles. The first-order valence-corrected chi connectivity index (χ1v) is 13.6. The number of aromatic hydroxyl groups is 2. The average Bonchev–Trinajstić information content (AvgIpc) is 2.98. The predicted molar refractivity (Wildman–Crippen MR) is 148 cm³/mol. The third-order valence-electron chi connectivity index (χ3n) is 8.31. The van der Waals surface area contributed by atoms with Crippen molar-refractivity contribution in [3.63, 3.8) is 0 Å². The average molecular weight is 600 g/mol. The van der Waals surface area contributed by atoms with Crippen molar-refractivity contribution in [1.29, 1.82) is 0 Å². The van der Waals surface area contributed by atoms with Gasteiger partial charge in [-0.1, -0.05) is 12.1 Å². The van der Waals surface area contributed by atoms with Gasteiger partial charge in [0.05, 0.1) is 47.8 Å². The molecule has 1 amide bonds. The number of benzene rings is 2. The van der Waals surface area contributed by atoms with Gasteiger partial charge in [-0.05, 0) is 19.9 Å². The highest BCUT2D eigenvalue weighted by atomic mass is 16.7. The summed E-state index contributed by atoms with van der Waals surface area (Å²) in [5.41, 5.74) is 5.10. The monoisotopic (exact) mass is 599 g/mol. The van der Waals surface area contributed by atoms with Crippen LogP contribution in [0.2, 0.25) is 0 Å². The van der Waals surface area contributed by atoms with Crippen molar-refractivity contribution < 1.29 is 54.1 Å². The van der Waals surface area contributed by atoms with Gasteiger partial charge in [-0.3, -0.25) is 14.4 Å². The predicted octanol–water partition coefficient (Wildman–Crippen LogP) is -0.0757. The Balaban J connectivity index is 1.67. The van der Waals surface area contributed by atoms with Crippen LogP contribution >= 0.6 is 0 Å². The van der Waals surface area contributed by atoms with Crippen molar-refractivity contribution in [3.05, 3.63) is 51.6 Å².